The topological polar surface area (TPSA) is 117 Å². The lowest BCUT2D eigenvalue weighted by Gasteiger charge is -2.06. The van der Waals surface area contributed by atoms with Gasteiger partial charge in [0.2, 0.25) is 5.95 Å². The van der Waals surface area contributed by atoms with Crippen LogP contribution in [0.5, 0.6) is 0 Å². The molecule has 0 aliphatic rings. The fourth-order valence-corrected chi connectivity index (χ4v) is 3.03. The third-order valence-corrected chi connectivity index (χ3v) is 4.46. The van der Waals surface area contributed by atoms with Gasteiger partial charge < -0.3 is 14.0 Å². The Kier molecular flexibility index (Phi) is 5.40. The Morgan fingerprint density at radius 3 is 2.70 bits per heavy atom. The van der Waals surface area contributed by atoms with Crippen LogP contribution in [0.25, 0.3) is 17.1 Å². The van der Waals surface area contributed by atoms with Gasteiger partial charge in [-0.25, -0.2) is 14.5 Å². The van der Waals surface area contributed by atoms with E-state index >= 15 is 0 Å². The molecule has 0 aliphatic heterocycles. The minimum Gasteiger partial charge on any atom is -0.462 e. The van der Waals surface area contributed by atoms with E-state index in [1.165, 1.54) is 17.1 Å². The summed E-state index contributed by atoms with van der Waals surface area (Å²) in [5.74, 6) is -0.311. The Hall–Kier alpha value is -3.79. The summed E-state index contributed by atoms with van der Waals surface area (Å²) in [5, 5.41) is 4.10. The van der Waals surface area contributed by atoms with Gasteiger partial charge >= 0.3 is 5.97 Å². The number of fused-ring (bicyclic) bond motifs is 1. The minimum absolute atomic E-state index is 0.181. The third-order valence-electron chi connectivity index (χ3n) is 4.46. The summed E-state index contributed by atoms with van der Waals surface area (Å²) >= 11 is 0. The number of aromatic nitrogens is 6. The fraction of sp³-hybridized carbons (Fsp3) is 0.250. The molecule has 3 heterocycles. The Morgan fingerprint density at radius 2 is 1.97 bits per heavy atom. The monoisotopic (exact) mass is 408 g/mol. The molecule has 3 aromatic heterocycles. The van der Waals surface area contributed by atoms with Gasteiger partial charge in [0, 0.05) is 13.3 Å². The van der Waals surface area contributed by atoms with E-state index in [-0.39, 0.29) is 23.6 Å². The predicted octanol–water partition coefficient (Wildman–Crippen LogP) is 1.68. The number of hydrogen-bond donors (Lipinski definition) is 1. The molecule has 0 fully saturated rings. The molecule has 10 nitrogen and oxygen atoms in total. The van der Waals surface area contributed by atoms with Crippen LogP contribution in [0.1, 0.15) is 28.4 Å². The molecule has 0 atom stereocenters. The number of rotatable bonds is 7. The average molecular weight is 408 g/mol. The van der Waals surface area contributed by atoms with E-state index in [0.29, 0.717) is 18.8 Å². The van der Waals surface area contributed by atoms with Crippen molar-refractivity contribution in [1.82, 2.24) is 29.3 Å². The highest BCUT2D eigenvalue weighted by molar-refractivity contribution is 5.88. The van der Waals surface area contributed by atoms with Crippen molar-refractivity contribution in [2.75, 3.05) is 13.7 Å². The van der Waals surface area contributed by atoms with Crippen LogP contribution in [-0.2, 0) is 22.6 Å². The van der Waals surface area contributed by atoms with Crippen molar-refractivity contribution in [2.45, 2.75) is 20.1 Å². The summed E-state index contributed by atoms with van der Waals surface area (Å²) in [4.78, 5) is 35.7. The van der Waals surface area contributed by atoms with Crippen molar-refractivity contribution in [1.29, 1.82) is 0 Å². The van der Waals surface area contributed by atoms with Gasteiger partial charge in [-0.3, -0.25) is 9.78 Å². The van der Waals surface area contributed by atoms with Crippen LogP contribution in [0, 0.1) is 0 Å². The molecular weight excluding hydrogens is 388 g/mol. The van der Waals surface area contributed by atoms with E-state index < -0.39 is 11.5 Å². The first-order valence-electron chi connectivity index (χ1n) is 9.33. The summed E-state index contributed by atoms with van der Waals surface area (Å²) in [7, 11) is 1.65. The maximum absolute atomic E-state index is 12.5. The summed E-state index contributed by atoms with van der Waals surface area (Å²) in [5.41, 5.74) is 2.63. The lowest BCUT2D eigenvalue weighted by Crippen LogP contribution is -2.15. The summed E-state index contributed by atoms with van der Waals surface area (Å²) < 4.78 is 13.2. The number of ether oxygens (including phenoxy) is 2. The summed E-state index contributed by atoms with van der Waals surface area (Å²) in [6, 6.07) is 7.97. The van der Waals surface area contributed by atoms with Crippen LogP contribution in [0.4, 0.5) is 0 Å². The zero-order valence-electron chi connectivity index (χ0n) is 16.5. The number of carbonyl (C=O) groups excluding carboxylic acids is 1. The Balaban J connectivity index is 1.66. The average Bonchev–Trinajstić information content (AvgIpc) is 3.38. The van der Waals surface area contributed by atoms with E-state index in [2.05, 4.69) is 20.1 Å². The molecule has 0 spiro atoms. The van der Waals surface area contributed by atoms with E-state index in [1.54, 1.807) is 24.9 Å². The van der Waals surface area contributed by atoms with Gasteiger partial charge in [0.25, 0.3) is 5.56 Å². The first-order chi connectivity index (χ1) is 14.6. The Labute approximate surface area is 171 Å². The van der Waals surface area contributed by atoms with Gasteiger partial charge in [0.1, 0.15) is 0 Å². The highest BCUT2D eigenvalue weighted by Gasteiger charge is 2.15. The first-order valence-corrected chi connectivity index (χ1v) is 9.33. The van der Waals surface area contributed by atoms with Crippen LogP contribution in [0.2, 0.25) is 0 Å². The number of nitrogens with zero attached hydrogens (tertiary/aromatic N) is 5. The smallest absolute Gasteiger partial charge is 0.341 e. The van der Waals surface area contributed by atoms with Crippen LogP contribution in [-0.4, -0.2) is 49.0 Å². The van der Waals surface area contributed by atoms with Crippen molar-refractivity contribution in [3.63, 3.8) is 0 Å². The zero-order chi connectivity index (χ0) is 21.1. The van der Waals surface area contributed by atoms with Crippen molar-refractivity contribution >= 4 is 17.1 Å². The molecule has 0 aliphatic carbocycles. The molecular formula is C20H20N6O4. The predicted molar refractivity (Wildman–Crippen MR) is 107 cm³/mol. The molecule has 0 amide bonds. The molecule has 0 saturated heterocycles. The van der Waals surface area contributed by atoms with Crippen molar-refractivity contribution in [3.05, 3.63) is 70.0 Å². The SMILES string of the molecule is CCOC(=O)c1cnn(-c2nc3c(ncn3Cc3ccc(COC)cc3)c(=O)[nH]2)c1. The van der Waals surface area contributed by atoms with Crippen molar-refractivity contribution < 1.29 is 14.3 Å². The highest BCUT2D eigenvalue weighted by atomic mass is 16.5. The summed E-state index contributed by atoms with van der Waals surface area (Å²) in [6.45, 7) is 3.03. The maximum Gasteiger partial charge on any atom is 0.341 e. The second-order valence-corrected chi connectivity index (χ2v) is 6.58. The zero-order valence-corrected chi connectivity index (χ0v) is 16.5. The number of aromatic amines is 1. The number of esters is 1. The number of benzene rings is 1. The molecule has 0 bridgehead atoms. The summed E-state index contributed by atoms with van der Waals surface area (Å²) in [6.07, 6.45) is 4.39. The molecule has 0 saturated carbocycles. The standard InChI is InChI=1S/C20H20N6O4/c1-3-30-19(28)15-8-22-26(10-15)20-23-17-16(18(27)24-20)21-12-25(17)9-13-4-6-14(7-5-13)11-29-2/h4-8,10,12H,3,9,11H2,1-2H3,(H,23,24,27). The molecule has 1 N–H and O–H groups in total. The number of imidazole rings is 1. The molecule has 4 rings (SSSR count). The lowest BCUT2D eigenvalue weighted by atomic mass is 10.1. The van der Waals surface area contributed by atoms with Gasteiger partial charge in [0.05, 0.1) is 37.8 Å². The first kappa shape index (κ1) is 19.5. The minimum atomic E-state index is -0.492. The molecule has 4 aromatic rings. The third kappa shape index (κ3) is 3.85. The number of nitrogens with one attached hydrogen (secondary N) is 1. The molecule has 154 valence electrons. The highest BCUT2D eigenvalue weighted by Crippen LogP contribution is 2.13. The van der Waals surface area contributed by atoms with E-state index in [1.807, 2.05) is 24.3 Å². The van der Waals surface area contributed by atoms with Crippen LogP contribution < -0.4 is 5.56 Å². The molecule has 30 heavy (non-hydrogen) atoms. The fourth-order valence-electron chi connectivity index (χ4n) is 3.03. The number of methoxy groups -OCH3 is 1. The van der Waals surface area contributed by atoms with Crippen LogP contribution >= 0.6 is 0 Å². The second-order valence-electron chi connectivity index (χ2n) is 6.58. The van der Waals surface area contributed by atoms with Crippen LogP contribution in [0.3, 0.4) is 0 Å². The maximum atomic E-state index is 12.5. The molecule has 1 aromatic carbocycles. The van der Waals surface area contributed by atoms with Gasteiger partial charge in [-0.05, 0) is 18.1 Å². The van der Waals surface area contributed by atoms with Gasteiger partial charge in [-0.15, -0.1) is 0 Å². The van der Waals surface area contributed by atoms with Crippen LogP contribution in [0.15, 0.2) is 47.8 Å². The molecule has 10 heteroatoms. The Morgan fingerprint density at radius 1 is 1.20 bits per heavy atom. The van der Waals surface area contributed by atoms with E-state index in [0.717, 1.165) is 11.1 Å². The molecule has 0 radical (unpaired) electrons. The van der Waals surface area contributed by atoms with Crippen molar-refractivity contribution in [2.24, 2.45) is 0 Å². The Bertz CT molecular complexity index is 1240. The van der Waals surface area contributed by atoms with E-state index in [9.17, 15) is 9.59 Å². The van der Waals surface area contributed by atoms with Gasteiger partial charge in [-0.1, -0.05) is 24.3 Å². The normalized spacial score (nSPS) is 11.1. The molecule has 0 unspecified atom stereocenters. The number of H-pyrrole nitrogens is 1. The largest absolute Gasteiger partial charge is 0.462 e. The lowest BCUT2D eigenvalue weighted by molar-refractivity contribution is 0.0526. The van der Waals surface area contributed by atoms with E-state index in [4.69, 9.17) is 9.47 Å². The number of carbonyl (C=O) groups is 1. The van der Waals surface area contributed by atoms with Crippen molar-refractivity contribution in [3.8, 4) is 5.95 Å². The van der Waals surface area contributed by atoms with Gasteiger partial charge in [-0.2, -0.15) is 10.1 Å². The number of hydrogen-bond acceptors (Lipinski definition) is 7. The second kappa shape index (κ2) is 8.29. The quantitative estimate of drug-likeness (QED) is 0.462. The van der Waals surface area contributed by atoms with Gasteiger partial charge in [0.15, 0.2) is 11.2 Å².